The molecule has 1 saturated carbocycles. The van der Waals surface area contributed by atoms with Crippen LogP contribution in [0.5, 0.6) is 0 Å². The molecule has 1 aliphatic rings. The van der Waals surface area contributed by atoms with E-state index < -0.39 is 0 Å². The molecule has 0 spiro atoms. The molecule has 1 aromatic rings. The van der Waals surface area contributed by atoms with Crippen LogP contribution in [0.4, 0.5) is 0 Å². The van der Waals surface area contributed by atoms with Crippen molar-refractivity contribution in [1.82, 2.24) is 0 Å². The van der Waals surface area contributed by atoms with Gasteiger partial charge < -0.3 is 5.73 Å². The molecule has 0 atom stereocenters. The Morgan fingerprint density at radius 3 is 2.59 bits per heavy atom. The highest BCUT2D eigenvalue weighted by Gasteiger charge is 2.32. The zero-order valence-corrected chi connectivity index (χ0v) is 10.8. The topological polar surface area (TPSA) is 43.1 Å². The van der Waals surface area contributed by atoms with Gasteiger partial charge in [0.1, 0.15) is 0 Å². The average Bonchev–Trinajstić information content (AvgIpc) is 2.68. The van der Waals surface area contributed by atoms with E-state index in [0.717, 1.165) is 36.8 Å². The highest BCUT2D eigenvalue weighted by molar-refractivity contribution is 5.98. The summed E-state index contributed by atoms with van der Waals surface area (Å²) in [6.45, 7) is 4.06. The SMILES string of the molecule is Cc1cccc(C(=O)CC2(N)CCCC2)c1C. The maximum atomic E-state index is 12.3. The van der Waals surface area contributed by atoms with E-state index in [2.05, 4.69) is 0 Å². The van der Waals surface area contributed by atoms with Crippen LogP contribution in [-0.2, 0) is 0 Å². The molecule has 1 fully saturated rings. The maximum absolute atomic E-state index is 12.3. The summed E-state index contributed by atoms with van der Waals surface area (Å²) < 4.78 is 0. The lowest BCUT2D eigenvalue weighted by Gasteiger charge is -2.23. The number of aryl methyl sites for hydroxylation is 1. The van der Waals surface area contributed by atoms with Gasteiger partial charge in [0, 0.05) is 17.5 Å². The fourth-order valence-electron chi connectivity index (χ4n) is 2.72. The van der Waals surface area contributed by atoms with Crippen LogP contribution >= 0.6 is 0 Å². The van der Waals surface area contributed by atoms with E-state index in [1.54, 1.807) is 0 Å². The summed E-state index contributed by atoms with van der Waals surface area (Å²) in [5, 5.41) is 0. The number of hydrogen-bond acceptors (Lipinski definition) is 2. The molecule has 2 nitrogen and oxygen atoms in total. The number of benzene rings is 1. The summed E-state index contributed by atoms with van der Waals surface area (Å²) in [6, 6.07) is 5.91. The first-order valence-electron chi connectivity index (χ1n) is 6.40. The molecule has 1 aromatic carbocycles. The van der Waals surface area contributed by atoms with E-state index in [-0.39, 0.29) is 11.3 Å². The molecule has 2 rings (SSSR count). The second-order valence-electron chi connectivity index (χ2n) is 5.42. The quantitative estimate of drug-likeness (QED) is 0.812. The fraction of sp³-hybridized carbons (Fsp3) is 0.533. The third-order valence-corrected chi connectivity index (χ3v) is 4.02. The van der Waals surface area contributed by atoms with Gasteiger partial charge in [-0.3, -0.25) is 4.79 Å². The van der Waals surface area contributed by atoms with Gasteiger partial charge in [-0.2, -0.15) is 0 Å². The summed E-state index contributed by atoms with van der Waals surface area (Å²) in [4.78, 5) is 12.3. The van der Waals surface area contributed by atoms with Gasteiger partial charge in [-0.25, -0.2) is 0 Å². The minimum Gasteiger partial charge on any atom is -0.325 e. The van der Waals surface area contributed by atoms with E-state index in [0.29, 0.717) is 6.42 Å². The average molecular weight is 231 g/mol. The minimum absolute atomic E-state index is 0.204. The number of ketones is 1. The van der Waals surface area contributed by atoms with Crippen molar-refractivity contribution in [2.75, 3.05) is 0 Å². The number of rotatable bonds is 3. The predicted octanol–water partition coefficient (Wildman–Crippen LogP) is 3.15. The first kappa shape index (κ1) is 12.3. The van der Waals surface area contributed by atoms with E-state index in [4.69, 9.17) is 5.73 Å². The normalized spacial score (nSPS) is 18.3. The van der Waals surface area contributed by atoms with Gasteiger partial charge in [0.15, 0.2) is 5.78 Å². The monoisotopic (exact) mass is 231 g/mol. The van der Waals surface area contributed by atoms with Crippen molar-refractivity contribution in [3.8, 4) is 0 Å². The molecule has 0 aliphatic heterocycles. The minimum atomic E-state index is -0.243. The van der Waals surface area contributed by atoms with Crippen LogP contribution < -0.4 is 5.73 Å². The van der Waals surface area contributed by atoms with Crippen LogP contribution in [-0.4, -0.2) is 11.3 Å². The molecule has 0 aromatic heterocycles. The molecule has 0 unspecified atom stereocenters. The summed E-state index contributed by atoms with van der Waals surface area (Å²) in [5.41, 5.74) is 9.14. The van der Waals surface area contributed by atoms with Gasteiger partial charge in [0.25, 0.3) is 0 Å². The Labute approximate surface area is 103 Å². The lowest BCUT2D eigenvalue weighted by molar-refractivity contribution is 0.0951. The number of nitrogens with two attached hydrogens (primary N) is 1. The first-order valence-corrected chi connectivity index (χ1v) is 6.40. The van der Waals surface area contributed by atoms with Gasteiger partial charge in [-0.1, -0.05) is 31.0 Å². The van der Waals surface area contributed by atoms with E-state index in [1.165, 1.54) is 5.56 Å². The first-order chi connectivity index (χ1) is 8.02. The molecule has 0 radical (unpaired) electrons. The van der Waals surface area contributed by atoms with Crippen LogP contribution in [0.2, 0.25) is 0 Å². The Hall–Kier alpha value is -1.15. The summed E-state index contributed by atoms with van der Waals surface area (Å²) in [5.74, 6) is 0.204. The third-order valence-electron chi connectivity index (χ3n) is 4.02. The molecule has 0 heterocycles. The van der Waals surface area contributed by atoms with E-state index in [1.807, 2.05) is 32.0 Å². The number of carbonyl (C=O) groups is 1. The Bertz CT molecular complexity index is 431. The lowest BCUT2D eigenvalue weighted by Crippen LogP contribution is -2.38. The maximum Gasteiger partial charge on any atom is 0.164 e. The standard InChI is InChI=1S/C15H21NO/c1-11-6-5-7-13(12(11)2)14(17)10-15(16)8-3-4-9-15/h5-7H,3-4,8-10,16H2,1-2H3. The molecule has 2 heteroatoms. The molecule has 92 valence electrons. The molecule has 17 heavy (non-hydrogen) atoms. The van der Waals surface area contributed by atoms with Crippen LogP contribution in [0.1, 0.15) is 53.6 Å². The molecule has 2 N–H and O–H groups in total. The Morgan fingerprint density at radius 1 is 1.29 bits per heavy atom. The molecule has 0 bridgehead atoms. The van der Waals surface area contributed by atoms with Crippen molar-refractivity contribution in [3.63, 3.8) is 0 Å². The lowest BCUT2D eigenvalue weighted by atomic mass is 9.88. The zero-order valence-electron chi connectivity index (χ0n) is 10.8. The van der Waals surface area contributed by atoms with E-state index in [9.17, 15) is 4.79 Å². The highest BCUT2D eigenvalue weighted by atomic mass is 16.1. The summed E-state index contributed by atoms with van der Waals surface area (Å²) >= 11 is 0. The van der Waals surface area contributed by atoms with Crippen LogP contribution in [0, 0.1) is 13.8 Å². The van der Waals surface area contributed by atoms with Crippen molar-refractivity contribution in [2.24, 2.45) is 5.73 Å². The van der Waals surface area contributed by atoms with Gasteiger partial charge >= 0.3 is 0 Å². The molecular weight excluding hydrogens is 210 g/mol. The molecular formula is C15H21NO. The van der Waals surface area contributed by atoms with Gasteiger partial charge in [0.05, 0.1) is 0 Å². The third kappa shape index (κ3) is 2.58. The highest BCUT2D eigenvalue weighted by Crippen LogP contribution is 2.31. The molecule has 0 saturated heterocycles. The second kappa shape index (κ2) is 4.61. The van der Waals surface area contributed by atoms with Crippen LogP contribution in [0.3, 0.4) is 0 Å². The molecule has 0 amide bonds. The van der Waals surface area contributed by atoms with Crippen LogP contribution in [0.25, 0.3) is 0 Å². The molecule has 1 aliphatic carbocycles. The van der Waals surface area contributed by atoms with Crippen molar-refractivity contribution in [1.29, 1.82) is 0 Å². The van der Waals surface area contributed by atoms with Gasteiger partial charge in [-0.05, 0) is 37.8 Å². The Balaban J connectivity index is 2.17. The number of Topliss-reactive ketones (excluding diaryl/α,β-unsaturated/α-hetero) is 1. The van der Waals surface area contributed by atoms with Crippen molar-refractivity contribution in [2.45, 2.75) is 51.5 Å². The Morgan fingerprint density at radius 2 is 1.94 bits per heavy atom. The fourth-order valence-corrected chi connectivity index (χ4v) is 2.72. The van der Waals surface area contributed by atoms with Crippen molar-refractivity contribution in [3.05, 3.63) is 34.9 Å². The Kier molecular flexibility index (Phi) is 3.34. The largest absolute Gasteiger partial charge is 0.325 e. The summed E-state index contributed by atoms with van der Waals surface area (Å²) in [7, 11) is 0. The van der Waals surface area contributed by atoms with Gasteiger partial charge in [-0.15, -0.1) is 0 Å². The van der Waals surface area contributed by atoms with Crippen molar-refractivity contribution < 1.29 is 4.79 Å². The zero-order chi connectivity index (χ0) is 12.5. The van der Waals surface area contributed by atoms with E-state index >= 15 is 0 Å². The van der Waals surface area contributed by atoms with Crippen molar-refractivity contribution >= 4 is 5.78 Å². The van der Waals surface area contributed by atoms with Gasteiger partial charge in [0.2, 0.25) is 0 Å². The number of carbonyl (C=O) groups excluding carboxylic acids is 1. The van der Waals surface area contributed by atoms with Crippen LogP contribution in [0.15, 0.2) is 18.2 Å². The second-order valence-corrected chi connectivity index (χ2v) is 5.42. The number of hydrogen-bond donors (Lipinski definition) is 1. The summed E-state index contributed by atoms with van der Waals surface area (Å²) in [6.07, 6.45) is 4.80. The smallest absolute Gasteiger partial charge is 0.164 e. The predicted molar refractivity (Wildman–Crippen MR) is 70.2 cm³/mol.